The minimum atomic E-state index is -0.493. The first-order valence-electron chi connectivity index (χ1n) is 7.44. The third-order valence-electron chi connectivity index (χ3n) is 3.00. The summed E-state index contributed by atoms with van der Waals surface area (Å²) >= 11 is 0. The molecule has 114 valence electrons. The third kappa shape index (κ3) is 7.48. The molecule has 0 saturated carbocycles. The van der Waals surface area contributed by atoms with Crippen molar-refractivity contribution in [2.24, 2.45) is 0 Å². The predicted octanol–water partition coefficient (Wildman–Crippen LogP) is 2.00. The molecule has 2 N–H and O–H groups in total. The molecule has 0 amide bonds. The zero-order valence-electron chi connectivity index (χ0n) is 12.6. The fourth-order valence-corrected chi connectivity index (χ4v) is 1.78. The summed E-state index contributed by atoms with van der Waals surface area (Å²) in [5.41, 5.74) is 1.29. The van der Waals surface area contributed by atoms with Crippen molar-refractivity contribution in [3.63, 3.8) is 0 Å². The summed E-state index contributed by atoms with van der Waals surface area (Å²) in [7, 11) is 0. The fraction of sp³-hybridized carbons (Fsp3) is 0.625. The first kappa shape index (κ1) is 17.0. The number of nitrogens with one attached hydrogen (secondary N) is 1. The summed E-state index contributed by atoms with van der Waals surface area (Å²) < 4.78 is 10.8. The van der Waals surface area contributed by atoms with Gasteiger partial charge >= 0.3 is 0 Å². The van der Waals surface area contributed by atoms with Gasteiger partial charge in [-0.25, -0.2) is 0 Å². The van der Waals surface area contributed by atoms with E-state index in [1.54, 1.807) is 0 Å². The van der Waals surface area contributed by atoms with Gasteiger partial charge in [-0.15, -0.1) is 0 Å². The van der Waals surface area contributed by atoms with E-state index >= 15 is 0 Å². The number of aliphatic hydroxyl groups excluding tert-OH is 1. The zero-order valence-corrected chi connectivity index (χ0v) is 12.6. The largest absolute Gasteiger partial charge is 0.491 e. The Bertz CT molecular complexity index is 340. The van der Waals surface area contributed by atoms with Crippen molar-refractivity contribution in [3.8, 4) is 5.75 Å². The number of hydrogen-bond acceptors (Lipinski definition) is 4. The first-order valence-corrected chi connectivity index (χ1v) is 7.44. The number of benzene rings is 1. The van der Waals surface area contributed by atoms with Crippen LogP contribution in [0.3, 0.4) is 0 Å². The Morgan fingerprint density at radius 3 is 2.60 bits per heavy atom. The lowest BCUT2D eigenvalue weighted by molar-refractivity contribution is 0.104. The van der Waals surface area contributed by atoms with Crippen LogP contribution < -0.4 is 10.1 Å². The van der Waals surface area contributed by atoms with Crippen LogP contribution in [0, 0.1) is 0 Å². The van der Waals surface area contributed by atoms with E-state index in [1.165, 1.54) is 5.56 Å². The molecule has 0 aliphatic heterocycles. The summed E-state index contributed by atoms with van der Waals surface area (Å²) in [6, 6.07) is 7.99. The number of aryl methyl sites for hydroxylation is 1. The Morgan fingerprint density at radius 1 is 1.20 bits per heavy atom. The van der Waals surface area contributed by atoms with Gasteiger partial charge in [-0.2, -0.15) is 0 Å². The van der Waals surface area contributed by atoms with Crippen molar-refractivity contribution >= 4 is 0 Å². The maximum Gasteiger partial charge on any atom is 0.119 e. The molecule has 0 aliphatic rings. The SMILES string of the molecule is CCOCCCNCC(O)COc1ccc(CC)cc1. The summed E-state index contributed by atoms with van der Waals surface area (Å²) in [6.45, 7) is 7.33. The van der Waals surface area contributed by atoms with Crippen molar-refractivity contribution < 1.29 is 14.6 Å². The van der Waals surface area contributed by atoms with E-state index in [-0.39, 0.29) is 0 Å². The van der Waals surface area contributed by atoms with Gasteiger partial charge in [0.15, 0.2) is 0 Å². The molecule has 4 nitrogen and oxygen atoms in total. The maximum atomic E-state index is 9.80. The van der Waals surface area contributed by atoms with Gasteiger partial charge in [0.2, 0.25) is 0 Å². The smallest absolute Gasteiger partial charge is 0.119 e. The van der Waals surface area contributed by atoms with Gasteiger partial charge in [0, 0.05) is 19.8 Å². The summed E-state index contributed by atoms with van der Waals surface area (Å²) in [5, 5.41) is 13.0. The average molecular weight is 281 g/mol. The molecule has 4 heteroatoms. The van der Waals surface area contributed by atoms with E-state index in [1.807, 2.05) is 31.2 Å². The third-order valence-corrected chi connectivity index (χ3v) is 3.00. The van der Waals surface area contributed by atoms with Crippen molar-refractivity contribution in [2.45, 2.75) is 32.8 Å². The van der Waals surface area contributed by atoms with Crippen LogP contribution in [-0.2, 0) is 11.2 Å². The van der Waals surface area contributed by atoms with Gasteiger partial charge in [0.25, 0.3) is 0 Å². The van der Waals surface area contributed by atoms with Crippen LogP contribution in [0.5, 0.6) is 5.75 Å². The van der Waals surface area contributed by atoms with Crippen molar-refractivity contribution in [1.82, 2.24) is 5.32 Å². The van der Waals surface area contributed by atoms with Crippen LogP contribution in [-0.4, -0.2) is 44.1 Å². The van der Waals surface area contributed by atoms with Crippen LogP contribution in [0.4, 0.5) is 0 Å². The topological polar surface area (TPSA) is 50.7 Å². The molecular weight excluding hydrogens is 254 g/mol. The monoisotopic (exact) mass is 281 g/mol. The Morgan fingerprint density at radius 2 is 1.95 bits per heavy atom. The zero-order chi connectivity index (χ0) is 14.6. The Balaban J connectivity index is 2.08. The molecule has 20 heavy (non-hydrogen) atoms. The highest BCUT2D eigenvalue weighted by molar-refractivity contribution is 5.27. The summed E-state index contributed by atoms with van der Waals surface area (Å²) in [6.07, 6.45) is 1.49. The van der Waals surface area contributed by atoms with Gasteiger partial charge in [-0.1, -0.05) is 19.1 Å². The lowest BCUT2D eigenvalue weighted by atomic mass is 10.2. The lowest BCUT2D eigenvalue weighted by Crippen LogP contribution is -2.32. The van der Waals surface area contributed by atoms with E-state index in [0.717, 1.165) is 38.3 Å². The summed E-state index contributed by atoms with van der Waals surface area (Å²) in [4.78, 5) is 0. The van der Waals surface area contributed by atoms with Crippen LogP contribution in [0.2, 0.25) is 0 Å². The molecular formula is C16H27NO3. The molecule has 0 fully saturated rings. The molecule has 0 aromatic heterocycles. The molecule has 1 rings (SSSR count). The number of rotatable bonds is 11. The highest BCUT2D eigenvalue weighted by Crippen LogP contribution is 2.12. The van der Waals surface area contributed by atoms with Crippen LogP contribution in [0.1, 0.15) is 25.8 Å². The number of ether oxygens (including phenoxy) is 2. The maximum absolute atomic E-state index is 9.80. The normalized spacial score (nSPS) is 12.3. The predicted molar refractivity (Wildman–Crippen MR) is 81.3 cm³/mol. The van der Waals surface area contributed by atoms with Gasteiger partial charge in [-0.05, 0) is 44.0 Å². The van der Waals surface area contributed by atoms with Crippen molar-refractivity contribution in [1.29, 1.82) is 0 Å². The number of aliphatic hydroxyl groups is 1. The molecule has 0 saturated heterocycles. The molecule has 1 atom stereocenters. The molecule has 0 aliphatic carbocycles. The van der Waals surface area contributed by atoms with Crippen LogP contribution >= 0.6 is 0 Å². The first-order chi connectivity index (χ1) is 9.76. The minimum Gasteiger partial charge on any atom is -0.491 e. The second-order valence-electron chi connectivity index (χ2n) is 4.72. The second-order valence-corrected chi connectivity index (χ2v) is 4.72. The van der Waals surface area contributed by atoms with Gasteiger partial charge in [0.1, 0.15) is 18.5 Å². The Hall–Kier alpha value is -1.10. The Kier molecular flexibility index (Phi) is 9.04. The van der Waals surface area contributed by atoms with E-state index in [0.29, 0.717) is 13.2 Å². The standard InChI is InChI=1S/C16H27NO3/c1-3-14-6-8-16(9-7-14)20-13-15(18)12-17-10-5-11-19-4-2/h6-9,15,17-18H,3-5,10-13H2,1-2H3. The second kappa shape index (κ2) is 10.7. The van der Waals surface area contributed by atoms with Crippen LogP contribution in [0.15, 0.2) is 24.3 Å². The molecule has 0 spiro atoms. The quantitative estimate of drug-likeness (QED) is 0.609. The molecule has 1 unspecified atom stereocenters. The van der Waals surface area contributed by atoms with Crippen molar-refractivity contribution in [3.05, 3.63) is 29.8 Å². The van der Waals surface area contributed by atoms with Gasteiger partial charge in [-0.3, -0.25) is 0 Å². The van der Waals surface area contributed by atoms with Crippen LogP contribution in [0.25, 0.3) is 0 Å². The fourth-order valence-electron chi connectivity index (χ4n) is 1.78. The molecule has 0 radical (unpaired) electrons. The molecule has 0 heterocycles. The molecule has 1 aromatic rings. The van der Waals surface area contributed by atoms with E-state index in [2.05, 4.69) is 12.2 Å². The highest BCUT2D eigenvalue weighted by Gasteiger charge is 2.04. The lowest BCUT2D eigenvalue weighted by Gasteiger charge is -2.13. The van der Waals surface area contributed by atoms with Gasteiger partial charge < -0.3 is 19.9 Å². The van der Waals surface area contributed by atoms with E-state index in [9.17, 15) is 5.11 Å². The average Bonchev–Trinajstić information content (AvgIpc) is 2.49. The summed E-state index contributed by atoms with van der Waals surface area (Å²) in [5.74, 6) is 0.803. The van der Waals surface area contributed by atoms with Gasteiger partial charge in [0.05, 0.1) is 0 Å². The van der Waals surface area contributed by atoms with Crippen molar-refractivity contribution in [2.75, 3.05) is 32.9 Å². The Labute approximate surface area is 122 Å². The molecule has 1 aromatic carbocycles. The minimum absolute atomic E-state index is 0.309. The number of hydrogen-bond donors (Lipinski definition) is 2. The highest BCUT2D eigenvalue weighted by atomic mass is 16.5. The molecule has 0 bridgehead atoms. The van der Waals surface area contributed by atoms with E-state index < -0.39 is 6.10 Å². The van der Waals surface area contributed by atoms with E-state index in [4.69, 9.17) is 9.47 Å².